The fourth-order valence-electron chi connectivity index (χ4n) is 3.21. The van der Waals surface area contributed by atoms with E-state index in [1.54, 1.807) is 24.3 Å². The zero-order valence-corrected chi connectivity index (χ0v) is 19.4. The normalized spacial score (nSPS) is 15.8. The average Bonchev–Trinajstić information content (AvgIpc) is 3.37. The van der Waals surface area contributed by atoms with Gasteiger partial charge in [-0.3, -0.25) is 30.1 Å². The van der Waals surface area contributed by atoms with Crippen LogP contribution in [0.5, 0.6) is 11.5 Å². The molecule has 0 unspecified atom stereocenters. The molecule has 2 aromatic carbocycles. The number of aryl methyl sites for hydroxylation is 1. The van der Waals surface area contributed by atoms with Gasteiger partial charge in [-0.05, 0) is 49.2 Å². The second-order valence-corrected chi connectivity index (χ2v) is 9.09. The summed E-state index contributed by atoms with van der Waals surface area (Å²) in [5, 5.41) is 0. The third-order valence-electron chi connectivity index (χ3n) is 4.98. The number of amides is 3. The lowest BCUT2D eigenvalue weighted by Crippen LogP contribution is -2.41. The summed E-state index contributed by atoms with van der Waals surface area (Å²) in [6, 6.07) is 12.5. The van der Waals surface area contributed by atoms with Crippen LogP contribution < -0.4 is 20.3 Å². The summed E-state index contributed by atoms with van der Waals surface area (Å²) in [6.45, 7) is 2.42. The number of hydrogen-bond acceptors (Lipinski definition) is 7. The Labute approximate surface area is 200 Å². The Morgan fingerprint density at radius 3 is 2.67 bits per heavy atom. The largest absolute Gasteiger partial charge is 0.454 e. The van der Waals surface area contributed by atoms with Crippen LogP contribution in [-0.2, 0) is 9.59 Å². The fourth-order valence-corrected chi connectivity index (χ4v) is 4.52. The van der Waals surface area contributed by atoms with Gasteiger partial charge in [0.25, 0.3) is 11.8 Å². The Morgan fingerprint density at radius 2 is 1.88 bits per heavy atom. The van der Waals surface area contributed by atoms with Gasteiger partial charge in [0.05, 0.1) is 4.91 Å². The van der Waals surface area contributed by atoms with E-state index in [0.29, 0.717) is 39.3 Å². The maximum Gasteiger partial charge on any atom is 0.269 e. The first-order valence-electron chi connectivity index (χ1n) is 10.2. The van der Waals surface area contributed by atoms with Crippen molar-refractivity contribution in [3.05, 3.63) is 64.1 Å². The summed E-state index contributed by atoms with van der Waals surface area (Å²) in [4.78, 5) is 38.9. The molecular weight excluding hydrogens is 462 g/mol. The fraction of sp³-hybridized carbons (Fsp3) is 0.217. The number of nitrogens with one attached hydrogen (secondary N) is 2. The van der Waals surface area contributed by atoms with E-state index in [1.165, 1.54) is 16.7 Å². The van der Waals surface area contributed by atoms with Gasteiger partial charge in [0.1, 0.15) is 4.32 Å². The first-order chi connectivity index (χ1) is 15.9. The standard InChI is InChI=1S/C23H21N3O5S2/c1-14-4-7-16(8-5-14)21(28)25-24-20(27)3-2-10-26-22(29)19(33-23(26)32)12-15-6-9-17-18(11-15)31-13-30-17/h4-9,11-12H,2-3,10,13H2,1H3,(H,24,27)(H,25,28). The van der Waals surface area contributed by atoms with E-state index in [2.05, 4.69) is 10.9 Å². The highest BCUT2D eigenvalue weighted by Crippen LogP contribution is 2.36. The molecule has 2 aromatic rings. The number of thiocarbonyl (C=S) groups is 1. The summed E-state index contributed by atoms with van der Waals surface area (Å²) in [5.41, 5.74) is 7.08. The molecule has 170 valence electrons. The molecule has 1 fully saturated rings. The van der Waals surface area contributed by atoms with Crippen LogP contribution in [0, 0.1) is 6.92 Å². The highest BCUT2D eigenvalue weighted by atomic mass is 32.2. The number of carbonyl (C=O) groups is 3. The van der Waals surface area contributed by atoms with Gasteiger partial charge in [-0.2, -0.15) is 0 Å². The Bertz CT molecular complexity index is 1150. The minimum absolute atomic E-state index is 0.131. The van der Waals surface area contributed by atoms with Crippen molar-refractivity contribution in [3.63, 3.8) is 0 Å². The van der Waals surface area contributed by atoms with Crippen molar-refractivity contribution in [2.24, 2.45) is 0 Å². The SMILES string of the molecule is Cc1ccc(C(=O)NNC(=O)CCCN2C(=O)C(=Cc3ccc4c(c3)OCO4)SC2=S)cc1. The van der Waals surface area contributed by atoms with Crippen molar-refractivity contribution < 1.29 is 23.9 Å². The third kappa shape index (κ3) is 5.52. The first-order valence-corrected chi connectivity index (χ1v) is 11.4. The zero-order valence-electron chi connectivity index (χ0n) is 17.8. The van der Waals surface area contributed by atoms with Gasteiger partial charge in [0.2, 0.25) is 12.7 Å². The van der Waals surface area contributed by atoms with Gasteiger partial charge in [-0.1, -0.05) is 47.7 Å². The van der Waals surface area contributed by atoms with E-state index in [9.17, 15) is 14.4 Å². The topological polar surface area (TPSA) is 97.0 Å². The number of benzene rings is 2. The summed E-state index contributed by atoms with van der Waals surface area (Å²) in [7, 11) is 0. The van der Waals surface area contributed by atoms with Gasteiger partial charge < -0.3 is 9.47 Å². The molecule has 0 aromatic heterocycles. The maximum absolute atomic E-state index is 12.8. The van der Waals surface area contributed by atoms with E-state index in [-0.39, 0.29) is 25.0 Å². The lowest BCUT2D eigenvalue weighted by atomic mass is 10.1. The number of fused-ring (bicyclic) bond motifs is 1. The molecule has 0 saturated carbocycles. The zero-order chi connectivity index (χ0) is 23.4. The number of ether oxygens (including phenoxy) is 2. The van der Waals surface area contributed by atoms with Crippen LogP contribution in [-0.4, -0.2) is 40.3 Å². The van der Waals surface area contributed by atoms with Crippen molar-refractivity contribution in [1.29, 1.82) is 0 Å². The van der Waals surface area contributed by atoms with E-state index < -0.39 is 5.91 Å². The Morgan fingerprint density at radius 1 is 1.12 bits per heavy atom. The van der Waals surface area contributed by atoms with Crippen LogP contribution in [0.4, 0.5) is 0 Å². The van der Waals surface area contributed by atoms with Crippen molar-refractivity contribution in [2.75, 3.05) is 13.3 Å². The van der Waals surface area contributed by atoms with Gasteiger partial charge in [-0.15, -0.1) is 0 Å². The van der Waals surface area contributed by atoms with E-state index in [0.717, 1.165) is 11.1 Å². The maximum atomic E-state index is 12.8. The molecule has 1 saturated heterocycles. The molecule has 2 aliphatic heterocycles. The lowest BCUT2D eigenvalue weighted by Gasteiger charge is -2.14. The van der Waals surface area contributed by atoms with Gasteiger partial charge in [-0.25, -0.2) is 0 Å². The van der Waals surface area contributed by atoms with Crippen molar-refractivity contribution >= 4 is 52.1 Å². The molecule has 33 heavy (non-hydrogen) atoms. The number of thioether (sulfide) groups is 1. The van der Waals surface area contributed by atoms with Gasteiger partial charge >= 0.3 is 0 Å². The van der Waals surface area contributed by atoms with E-state index in [1.807, 2.05) is 31.2 Å². The summed E-state index contributed by atoms with van der Waals surface area (Å²) in [6.07, 6.45) is 2.29. The monoisotopic (exact) mass is 483 g/mol. The molecule has 2 N–H and O–H groups in total. The Kier molecular flexibility index (Phi) is 6.95. The second-order valence-electron chi connectivity index (χ2n) is 7.42. The Hall–Kier alpha value is -3.37. The smallest absolute Gasteiger partial charge is 0.269 e. The minimum atomic E-state index is -0.394. The molecule has 4 rings (SSSR count). The molecule has 0 spiro atoms. The number of nitrogens with zero attached hydrogens (tertiary/aromatic N) is 1. The number of hydrogen-bond donors (Lipinski definition) is 2. The average molecular weight is 484 g/mol. The van der Waals surface area contributed by atoms with E-state index >= 15 is 0 Å². The molecule has 8 nitrogen and oxygen atoms in total. The summed E-state index contributed by atoms with van der Waals surface area (Å²) < 4.78 is 11.1. The number of rotatable bonds is 6. The van der Waals surface area contributed by atoms with E-state index in [4.69, 9.17) is 21.7 Å². The molecule has 2 heterocycles. The van der Waals surface area contributed by atoms with Crippen molar-refractivity contribution in [2.45, 2.75) is 19.8 Å². The minimum Gasteiger partial charge on any atom is -0.454 e. The molecule has 0 atom stereocenters. The molecule has 0 bridgehead atoms. The van der Waals surface area contributed by atoms with Crippen LogP contribution >= 0.6 is 24.0 Å². The van der Waals surface area contributed by atoms with Gasteiger partial charge in [0.15, 0.2) is 11.5 Å². The molecule has 0 radical (unpaired) electrons. The van der Waals surface area contributed by atoms with Crippen LogP contribution in [0.1, 0.15) is 34.3 Å². The highest BCUT2D eigenvalue weighted by molar-refractivity contribution is 8.26. The summed E-state index contributed by atoms with van der Waals surface area (Å²) in [5.74, 6) is 0.370. The molecule has 0 aliphatic carbocycles. The third-order valence-corrected chi connectivity index (χ3v) is 6.36. The van der Waals surface area contributed by atoms with Crippen LogP contribution in [0.3, 0.4) is 0 Å². The van der Waals surface area contributed by atoms with Crippen LogP contribution in [0.25, 0.3) is 6.08 Å². The number of hydrazine groups is 1. The first kappa shape index (κ1) is 22.8. The second kappa shape index (κ2) is 10.1. The molecule has 3 amide bonds. The highest BCUT2D eigenvalue weighted by Gasteiger charge is 2.31. The molecule has 2 aliphatic rings. The number of carbonyl (C=O) groups excluding carboxylic acids is 3. The predicted molar refractivity (Wildman–Crippen MR) is 128 cm³/mol. The summed E-state index contributed by atoms with van der Waals surface area (Å²) >= 11 is 6.56. The molecule has 10 heteroatoms. The van der Waals surface area contributed by atoms with Crippen LogP contribution in [0.15, 0.2) is 47.4 Å². The van der Waals surface area contributed by atoms with Gasteiger partial charge in [0, 0.05) is 18.5 Å². The predicted octanol–water partition coefficient (Wildman–Crippen LogP) is 3.17. The van der Waals surface area contributed by atoms with Crippen molar-refractivity contribution in [1.82, 2.24) is 15.8 Å². The Balaban J connectivity index is 1.25. The van der Waals surface area contributed by atoms with Crippen LogP contribution in [0.2, 0.25) is 0 Å². The quantitative estimate of drug-likeness (QED) is 0.370. The van der Waals surface area contributed by atoms with Crippen molar-refractivity contribution in [3.8, 4) is 11.5 Å². The lowest BCUT2D eigenvalue weighted by molar-refractivity contribution is -0.124. The molecular formula is C23H21N3O5S2.